The lowest BCUT2D eigenvalue weighted by atomic mass is 9.98. The Kier molecular flexibility index (Phi) is 5.04. The molecule has 1 N–H and O–H groups in total. The van der Waals surface area contributed by atoms with E-state index >= 15 is 0 Å². The van der Waals surface area contributed by atoms with Gasteiger partial charge in [0, 0.05) is 6.20 Å². The third kappa shape index (κ3) is 4.14. The SMILES string of the molecule is COC(=O)C(Cc1ccccc1)C(=O)Nc1ccccn1. The molecule has 0 radical (unpaired) electrons. The van der Waals surface area contributed by atoms with Gasteiger partial charge in [0.15, 0.2) is 0 Å². The summed E-state index contributed by atoms with van der Waals surface area (Å²) in [7, 11) is 1.27. The van der Waals surface area contributed by atoms with E-state index in [4.69, 9.17) is 4.74 Å². The molecular weight excluding hydrogens is 268 g/mol. The molecule has 0 saturated heterocycles. The number of amides is 1. The van der Waals surface area contributed by atoms with E-state index in [1.54, 1.807) is 24.4 Å². The lowest BCUT2D eigenvalue weighted by molar-refractivity contribution is -0.148. The number of methoxy groups -OCH3 is 1. The van der Waals surface area contributed by atoms with Crippen LogP contribution in [-0.4, -0.2) is 24.0 Å². The number of carbonyl (C=O) groups is 2. The largest absolute Gasteiger partial charge is 0.468 e. The Balaban J connectivity index is 2.12. The summed E-state index contributed by atoms with van der Waals surface area (Å²) in [6, 6.07) is 14.5. The van der Waals surface area contributed by atoms with Gasteiger partial charge in [-0.3, -0.25) is 9.59 Å². The lowest BCUT2D eigenvalue weighted by Gasteiger charge is -2.14. The summed E-state index contributed by atoms with van der Waals surface area (Å²) in [5.74, 6) is -1.49. The van der Waals surface area contributed by atoms with Gasteiger partial charge >= 0.3 is 5.97 Å². The second kappa shape index (κ2) is 7.19. The summed E-state index contributed by atoms with van der Waals surface area (Å²) in [6.07, 6.45) is 1.85. The molecule has 0 spiro atoms. The molecule has 2 aromatic rings. The number of carbonyl (C=O) groups excluding carboxylic acids is 2. The summed E-state index contributed by atoms with van der Waals surface area (Å²) >= 11 is 0. The predicted molar refractivity (Wildman–Crippen MR) is 78.5 cm³/mol. The molecule has 21 heavy (non-hydrogen) atoms. The molecule has 108 valence electrons. The molecule has 2 rings (SSSR count). The van der Waals surface area contributed by atoms with Crippen molar-refractivity contribution in [1.29, 1.82) is 0 Å². The molecule has 0 aliphatic heterocycles. The van der Waals surface area contributed by atoms with Gasteiger partial charge < -0.3 is 10.1 Å². The zero-order valence-corrected chi connectivity index (χ0v) is 11.7. The van der Waals surface area contributed by atoms with E-state index < -0.39 is 17.8 Å². The molecule has 0 saturated carbocycles. The van der Waals surface area contributed by atoms with Gasteiger partial charge in [-0.25, -0.2) is 4.98 Å². The highest BCUT2D eigenvalue weighted by Crippen LogP contribution is 2.13. The third-order valence-corrected chi connectivity index (χ3v) is 3.00. The molecule has 0 fully saturated rings. The first-order chi connectivity index (χ1) is 10.2. The van der Waals surface area contributed by atoms with Crippen molar-refractivity contribution in [3.8, 4) is 0 Å². The topological polar surface area (TPSA) is 68.3 Å². The lowest BCUT2D eigenvalue weighted by Crippen LogP contribution is -2.32. The number of aromatic nitrogens is 1. The number of nitrogens with zero attached hydrogens (tertiary/aromatic N) is 1. The molecule has 0 aliphatic carbocycles. The van der Waals surface area contributed by atoms with Crippen molar-refractivity contribution < 1.29 is 14.3 Å². The minimum atomic E-state index is -0.903. The highest BCUT2D eigenvalue weighted by Gasteiger charge is 2.28. The van der Waals surface area contributed by atoms with E-state index in [9.17, 15) is 9.59 Å². The Morgan fingerprint density at radius 1 is 1.14 bits per heavy atom. The van der Waals surface area contributed by atoms with Gasteiger partial charge in [-0.05, 0) is 24.1 Å². The average molecular weight is 284 g/mol. The predicted octanol–water partition coefficient (Wildman–Crippen LogP) is 2.05. The number of benzene rings is 1. The molecule has 5 heteroatoms. The van der Waals surface area contributed by atoms with E-state index in [1.807, 2.05) is 30.3 Å². The van der Waals surface area contributed by atoms with E-state index in [0.29, 0.717) is 5.82 Å². The minimum absolute atomic E-state index is 0.284. The Bertz CT molecular complexity index is 599. The van der Waals surface area contributed by atoms with Crippen LogP contribution in [-0.2, 0) is 20.7 Å². The van der Waals surface area contributed by atoms with Crippen LogP contribution in [0.4, 0.5) is 5.82 Å². The van der Waals surface area contributed by atoms with Crippen molar-refractivity contribution in [2.75, 3.05) is 12.4 Å². The van der Waals surface area contributed by atoms with Crippen molar-refractivity contribution in [1.82, 2.24) is 4.98 Å². The summed E-state index contributed by atoms with van der Waals surface area (Å²) in [4.78, 5) is 28.1. The number of anilines is 1. The Hall–Kier alpha value is -2.69. The average Bonchev–Trinajstić information content (AvgIpc) is 2.53. The van der Waals surface area contributed by atoms with E-state index in [2.05, 4.69) is 10.3 Å². The summed E-state index contributed by atoms with van der Waals surface area (Å²) in [6.45, 7) is 0. The molecule has 1 unspecified atom stereocenters. The molecule has 0 aliphatic rings. The molecule has 1 atom stereocenters. The van der Waals surface area contributed by atoms with Crippen LogP contribution in [0.3, 0.4) is 0 Å². The monoisotopic (exact) mass is 284 g/mol. The van der Waals surface area contributed by atoms with Crippen LogP contribution < -0.4 is 5.32 Å². The van der Waals surface area contributed by atoms with Crippen LogP contribution in [0.15, 0.2) is 54.7 Å². The van der Waals surface area contributed by atoms with Gasteiger partial charge in [-0.1, -0.05) is 36.4 Å². The second-order valence-corrected chi connectivity index (χ2v) is 4.47. The van der Waals surface area contributed by atoms with Gasteiger partial charge in [-0.2, -0.15) is 0 Å². The molecule has 1 aromatic carbocycles. The highest BCUT2D eigenvalue weighted by atomic mass is 16.5. The second-order valence-electron chi connectivity index (χ2n) is 4.47. The van der Waals surface area contributed by atoms with Crippen molar-refractivity contribution in [3.63, 3.8) is 0 Å². The Morgan fingerprint density at radius 2 is 1.86 bits per heavy atom. The number of rotatable bonds is 5. The highest BCUT2D eigenvalue weighted by molar-refractivity contribution is 6.04. The van der Waals surface area contributed by atoms with Crippen LogP contribution in [0.5, 0.6) is 0 Å². The number of hydrogen-bond donors (Lipinski definition) is 1. The fourth-order valence-electron chi connectivity index (χ4n) is 1.93. The summed E-state index contributed by atoms with van der Waals surface area (Å²) < 4.78 is 4.72. The van der Waals surface area contributed by atoms with Gasteiger partial charge in [0.25, 0.3) is 0 Å². The number of esters is 1. The first kappa shape index (κ1) is 14.7. The Labute approximate surface area is 123 Å². The van der Waals surface area contributed by atoms with Crippen LogP contribution in [0.25, 0.3) is 0 Å². The van der Waals surface area contributed by atoms with Gasteiger partial charge in [0.05, 0.1) is 7.11 Å². The van der Waals surface area contributed by atoms with Crippen LogP contribution >= 0.6 is 0 Å². The zero-order chi connectivity index (χ0) is 15.1. The maximum atomic E-state index is 12.3. The molecular formula is C16H16N2O3. The number of pyridine rings is 1. The maximum Gasteiger partial charge on any atom is 0.318 e. The minimum Gasteiger partial charge on any atom is -0.468 e. The van der Waals surface area contributed by atoms with E-state index in [0.717, 1.165) is 5.56 Å². The van der Waals surface area contributed by atoms with Crippen molar-refractivity contribution in [3.05, 3.63) is 60.3 Å². The third-order valence-electron chi connectivity index (χ3n) is 3.00. The molecule has 5 nitrogen and oxygen atoms in total. The molecule has 1 heterocycles. The number of nitrogens with one attached hydrogen (secondary N) is 1. The summed E-state index contributed by atoms with van der Waals surface area (Å²) in [5, 5.41) is 2.63. The first-order valence-corrected chi connectivity index (χ1v) is 6.54. The van der Waals surface area contributed by atoms with Crippen molar-refractivity contribution >= 4 is 17.7 Å². The standard InChI is InChI=1S/C16H16N2O3/c1-21-16(20)13(11-12-7-3-2-4-8-12)15(19)18-14-9-5-6-10-17-14/h2-10,13H,11H2,1H3,(H,17,18,19). The van der Waals surface area contributed by atoms with E-state index in [-0.39, 0.29) is 6.42 Å². The fraction of sp³-hybridized carbons (Fsp3) is 0.188. The van der Waals surface area contributed by atoms with Crippen LogP contribution in [0.2, 0.25) is 0 Å². The van der Waals surface area contributed by atoms with E-state index in [1.165, 1.54) is 7.11 Å². The van der Waals surface area contributed by atoms with Crippen molar-refractivity contribution in [2.45, 2.75) is 6.42 Å². The quantitative estimate of drug-likeness (QED) is 0.674. The molecule has 1 amide bonds. The Morgan fingerprint density at radius 3 is 2.48 bits per heavy atom. The van der Waals surface area contributed by atoms with Gasteiger partial charge in [-0.15, -0.1) is 0 Å². The number of hydrogen-bond acceptors (Lipinski definition) is 4. The first-order valence-electron chi connectivity index (χ1n) is 6.54. The maximum absolute atomic E-state index is 12.3. The summed E-state index contributed by atoms with van der Waals surface area (Å²) in [5.41, 5.74) is 0.893. The normalized spacial score (nSPS) is 11.5. The molecule has 0 bridgehead atoms. The number of ether oxygens (including phenoxy) is 1. The molecule has 1 aromatic heterocycles. The van der Waals surface area contributed by atoms with Crippen molar-refractivity contribution in [2.24, 2.45) is 5.92 Å². The van der Waals surface area contributed by atoms with Gasteiger partial charge in [0.1, 0.15) is 11.7 Å². The van der Waals surface area contributed by atoms with Gasteiger partial charge in [0.2, 0.25) is 5.91 Å². The van der Waals surface area contributed by atoms with Crippen LogP contribution in [0.1, 0.15) is 5.56 Å². The zero-order valence-electron chi connectivity index (χ0n) is 11.7. The fourth-order valence-corrected chi connectivity index (χ4v) is 1.93. The smallest absolute Gasteiger partial charge is 0.318 e. The van der Waals surface area contributed by atoms with Crippen LogP contribution in [0, 0.1) is 5.92 Å².